The van der Waals surface area contributed by atoms with Crippen LogP contribution in [0.5, 0.6) is 5.75 Å². The molecule has 0 amide bonds. The van der Waals surface area contributed by atoms with Gasteiger partial charge in [0.25, 0.3) is 0 Å². The Morgan fingerprint density at radius 1 is 0.973 bits per heavy atom. The first-order valence-electron chi connectivity index (χ1n) is 11.9. The van der Waals surface area contributed by atoms with Crippen LogP contribution in [0, 0.1) is 6.92 Å². The highest BCUT2D eigenvalue weighted by Gasteiger charge is 2.36. The van der Waals surface area contributed by atoms with Crippen LogP contribution in [0.3, 0.4) is 0 Å². The van der Waals surface area contributed by atoms with Crippen LogP contribution in [0.1, 0.15) is 23.6 Å². The first-order chi connectivity index (χ1) is 17.7. The van der Waals surface area contributed by atoms with Gasteiger partial charge in [-0.2, -0.15) is 4.31 Å². The van der Waals surface area contributed by atoms with Crippen molar-refractivity contribution >= 4 is 15.8 Å². The number of hydrogen-bond donors (Lipinski definition) is 1. The van der Waals surface area contributed by atoms with E-state index < -0.39 is 28.0 Å². The third-order valence-corrected chi connectivity index (χ3v) is 7.71. The quantitative estimate of drug-likeness (QED) is 0.265. The molecular formula is C29H33NO6S. The molecule has 0 unspecified atom stereocenters. The number of Topliss-reactive ketones (excluding diaryl/α,β-unsaturated/α-hetero) is 1. The van der Waals surface area contributed by atoms with E-state index in [0.717, 1.165) is 22.4 Å². The van der Waals surface area contributed by atoms with Crippen molar-refractivity contribution in [3.8, 4) is 5.75 Å². The first kappa shape index (κ1) is 28.3. The number of ketones is 1. The molecule has 0 fully saturated rings. The number of methoxy groups -OCH3 is 1. The number of aliphatic hydroxyl groups excluding tert-OH is 1. The summed E-state index contributed by atoms with van der Waals surface area (Å²) in [6.45, 7) is 3.59. The Labute approximate surface area is 219 Å². The molecule has 0 aliphatic carbocycles. The summed E-state index contributed by atoms with van der Waals surface area (Å²) in [7, 11) is -2.47. The van der Waals surface area contributed by atoms with E-state index >= 15 is 0 Å². The van der Waals surface area contributed by atoms with Crippen LogP contribution in [0.15, 0.2) is 95.9 Å². The molecule has 3 aromatic carbocycles. The van der Waals surface area contributed by atoms with E-state index in [9.17, 15) is 18.3 Å². The minimum absolute atomic E-state index is 0.0247. The van der Waals surface area contributed by atoms with Crippen LogP contribution in [0.4, 0.5) is 0 Å². The smallest absolute Gasteiger partial charge is 0.244 e. The Morgan fingerprint density at radius 2 is 1.62 bits per heavy atom. The molecule has 3 rings (SSSR count). The number of nitrogens with zero attached hydrogens (tertiary/aromatic N) is 1. The molecule has 0 bridgehead atoms. The lowest BCUT2D eigenvalue weighted by Crippen LogP contribution is -2.48. The molecule has 0 spiro atoms. The second-order valence-electron chi connectivity index (χ2n) is 8.69. The van der Waals surface area contributed by atoms with Crippen LogP contribution >= 0.6 is 0 Å². The third-order valence-electron chi connectivity index (χ3n) is 5.86. The third kappa shape index (κ3) is 7.84. The molecule has 0 radical (unpaired) electrons. The van der Waals surface area contributed by atoms with Crippen molar-refractivity contribution in [2.24, 2.45) is 0 Å². The lowest BCUT2D eigenvalue weighted by Gasteiger charge is -2.31. The van der Waals surface area contributed by atoms with Crippen LogP contribution in [0.2, 0.25) is 0 Å². The van der Waals surface area contributed by atoms with E-state index in [1.54, 1.807) is 37.5 Å². The van der Waals surface area contributed by atoms with Gasteiger partial charge in [-0.15, -0.1) is 0 Å². The molecule has 0 aliphatic heterocycles. The van der Waals surface area contributed by atoms with E-state index in [0.29, 0.717) is 6.61 Å². The van der Waals surface area contributed by atoms with Crippen LogP contribution < -0.4 is 4.74 Å². The van der Waals surface area contributed by atoms with Gasteiger partial charge in [0.2, 0.25) is 10.0 Å². The molecule has 1 N–H and O–H groups in total. The largest absolute Gasteiger partial charge is 0.497 e. The van der Waals surface area contributed by atoms with Gasteiger partial charge in [0.05, 0.1) is 31.3 Å². The maximum atomic E-state index is 13.8. The fourth-order valence-corrected chi connectivity index (χ4v) is 5.30. The summed E-state index contributed by atoms with van der Waals surface area (Å²) >= 11 is 0. The number of carbonyl (C=O) groups excluding carboxylic acids is 1. The standard InChI is InChI=1S/C29H33NO6S/c1-22-11-17-27(18-12-22)37(33,34)30(20-24-8-5-4-6-9-24)28(29(32)23(2)31)10-7-19-36-21-25-13-15-26(35-3)16-14-25/h4-18,28-29,32H,19-21H2,1-3H3/b10-7-/t28-,29+/m1/s1. The number of rotatable bonds is 13. The second kappa shape index (κ2) is 13.3. The van der Waals surface area contributed by atoms with Gasteiger partial charge in [0.15, 0.2) is 5.78 Å². The highest BCUT2D eigenvalue weighted by Crippen LogP contribution is 2.24. The maximum Gasteiger partial charge on any atom is 0.244 e. The van der Waals surface area contributed by atoms with E-state index in [1.807, 2.05) is 49.4 Å². The zero-order chi connectivity index (χ0) is 26.8. The highest BCUT2D eigenvalue weighted by atomic mass is 32.2. The minimum Gasteiger partial charge on any atom is -0.497 e. The molecule has 0 heterocycles. The summed E-state index contributed by atoms with van der Waals surface area (Å²) in [6, 6.07) is 21.9. The van der Waals surface area contributed by atoms with Gasteiger partial charge in [-0.1, -0.05) is 72.3 Å². The minimum atomic E-state index is -4.07. The van der Waals surface area contributed by atoms with Gasteiger partial charge in [-0.3, -0.25) is 4.79 Å². The summed E-state index contributed by atoms with van der Waals surface area (Å²) in [5.41, 5.74) is 2.59. The van der Waals surface area contributed by atoms with Gasteiger partial charge in [0.1, 0.15) is 11.9 Å². The number of benzene rings is 3. The Morgan fingerprint density at radius 3 is 2.22 bits per heavy atom. The number of hydrogen-bond acceptors (Lipinski definition) is 6. The molecule has 2 atom stereocenters. The predicted octanol–water partition coefficient (Wildman–Crippen LogP) is 4.29. The number of aliphatic hydroxyl groups is 1. The van der Waals surface area contributed by atoms with E-state index in [4.69, 9.17) is 9.47 Å². The average molecular weight is 524 g/mol. The lowest BCUT2D eigenvalue weighted by atomic mass is 10.1. The summed E-state index contributed by atoms with van der Waals surface area (Å²) in [4.78, 5) is 12.3. The molecule has 7 nitrogen and oxygen atoms in total. The van der Waals surface area contributed by atoms with Crippen LogP contribution in [-0.2, 0) is 32.7 Å². The van der Waals surface area contributed by atoms with E-state index in [-0.39, 0.29) is 18.0 Å². The van der Waals surface area contributed by atoms with Gasteiger partial charge in [-0.25, -0.2) is 8.42 Å². The van der Waals surface area contributed by atoms with E-state index in [1.165, 1.54) is 29.4 Å². The topological polar surface area (TPSA) is 93.1 Å². The van der Waals surface area contributed by atoms with Gasteiger partial charge in [0, 0.05) is 6.54 Å². The Bertz CT molecular complexity index is 1270. The molecule has 37 heavy (non-hydrogen) atoms. The zero-order valence-electron chi connectivity index (χ0n) is 21.3. The molecular weight excluding hydrogens is 490 g/mol. The van der Waals surface area contributed by atoms with Gasteiger partial charge < -0.3 is 14.6 Å². The Kier molecular flexibility index (Phi) is 10.2. The average Bonchev–Trinajstić information content (AvgIpc) is 2.90. The zero-order valence-corrected chi connectivity index (χ0v) is 22.1. The molecule has 196 valence electrons. The number of aryl methyl sites for hydroxylation is 1. The lowest BCUT2D eigenvalue weighted by molar-refractivity contribution is -0.126. The van der Waals surface area contributed by atoms with Gasteiger partial charge >= 0.3 is 0 Å². The first-order valence-corrected chi connectivity index (χ1v) is 13.3. The monoisotopic (exact) mass is 523 g/mol. The molecule has 8 heteroatoms. The number of sulfonamides is 1. The number of carbonyl (C=O) groups is 1. The predicted molar refractivity (Wildman–Crippen MR) is 143 cm³/mol. The van der Waals surface area contributed by atoms with Crippen LogP contribution in [0.25, 0.3) is 0 Å². The Balaban J connectivity index is 1.86. The molecule has 0 aliphatic rings. The Hall–Kier alpha value is -3.30. The SMILES string of the molecule is COc1ccc(COC/C=C\[C@H]([C@@H](O)C(C)=O)N(Cc2ccccc2)S(=O)(=O)c2ccc(C)cc2)cc1. The normalized spacial score (nSPS) is 13.5. The summed E-state index contributed by atoms with van der Waals surface area (Å²) < 4.78 is 39.6. The highest BCUT2D eigenvalue weighted by molar-refractivity contribution is 7.89. The van der Waals surface area contributed by atoms with Crippen molar-refractivity contribution in [1.82, 2.24) is 4.31 Å². The maximum absolute atomic E-state index is 13.8. The van der Waals surface area contributed by atoms with Crippen LogP contribution in [-0.4, -0.2) is 49.5 Å². The van der Waals surface area contributed by atoms with Gasteiger partial charge in [-0.05, 0) is 49.2 Å². The van der Waals surface area contributed by atoms with Crippen molar-refractivity contribution in [2.45, 2.75) is 44.0 Å². The fraction of sp³-hybridized carbons (Fsp3) is 0.276. The fourth-order valence-electron chi connectivity index (χ4n) is 3.72. The van der Waals surface area contributed by atoms with Crippen molar-refractivity contribution < 1.29 is 27.8 Å². The summed E-state index contributed by atoms with van der Waals surface area (Å²) in [5.74, 6) is 0.212. The van der Waals surface area contributed by atoms with Crippen molar-refractivity contribution in [1.29, 1.82) is 0 Å². The van der Waals surface area contributed by atoms with Crippen molar-refractivity contribution in [2.75, 3.05) is 13.7 Å². The van der Waals surface area contributed by atoms with Crippen molar-refractivity contribution in [3.05, 3.63) is 108 Å². The summed E-state index contributed by atoms with van der Waals surface area (Å²) in [5, 5.41) is 10.8. The molecule has 0 saturated carbocycles. The van der Waals surface area contributed by atoms with Crippen molar-refractivity contribution in [3.63, 3.8) is 0 Å². The summed E-state index contributed by atoms with van der Waals surface area (Å²) in [6.07, 6.45) is 1.60. The molecule has 3 aromatic rings. The molecule has 0 aromatic heterocycles. The van der Waals surface area contributed by atoms with E-state index in [2.05, 4.69) is 0 Å². The molecule has 0 saturated heterocycles. The number of ether oxygens (including phenoxy) is 2. The second-order valence-corrected chi connectivity index (χ2v) is 10.6.